The van der Waals surface area contributed by atoms with Crippen LogP contribution < -0.4 is 5.32 Å². The molecule has 2 N–H and O–H groups in total. The fourth-order valence-electron chi connectivity index (χ4n) is 2.02. The van der Waals surface area contributed by atoms with E-state index in [0.717, 1.165) is 21.8 Å². The third kappa shape index (κ3) is 3.35. The number of carboxylic acid groups (broad SMARTS) is 1. The molecular formula is C16H17NO4S. The van der Waals surface area contributed by atoms with Gasteiger partial charge in [0.05, 0.1) is 6.54 Å². The summed E-state index contributed by atoms with van der Waals surface area (Å²) in [6.45, 7) is 1.97. The Labute approximate surface area is 132 Å². The number of methoxy groups -OCH3 is 1. The molecule has 22 heavy (non-hydrogen) atoms. The molecule has 5 nitrogen and oxygen atoms in total. The normalized spacial score (nSPS) is 13.4. The smallest absolute Gasteiger partial charge is 0.345 e. The highest BCUT2D eigenvalue weighted by Crippen LogP contribution is 2.25. The Morgan fingerprint density at radius 1 is 1.23 bits per heavy atom. The van der Waals surface area contributed by atoms with E-state index in [-0.39, 0.29) is 17.3 Å². The number of rotatable bonds is 6. The summed E-state index contributed by atoms with van der Waals surface area (Å²) in [6.07, 6.45) is 0. The molecule has 1 heterocycles. The van der Waals surface area contributed by atoms with Gasteiger partial charge in [-0.05, 0) is 24.6 Å². The summed E-state index contributed by atoms with van der Waals surface area (Å²) in [5, 5.41) is 11.7. The van der Waals surface area contributed by atoms with Crippen LogP contribution in [0.2, 0.25) is 0 Å². The highest BCUT2D eigenvalue weighted by atomic mass is 32.1. The van der Waals surface area contributed by atoms with Crippen LogP contribution in [-0.4, -0.2) is 24.1 Å². The number of ether oxygens (including phenoxy) is 1. The number of aromatic carboxylic acids is 1. The van der Waals surface area contributed by atoms with Crippen molar-refractivity contribution in [3.8, 4) is 0 Å². The van der Waals surface area contributed by atoms with Crippen molar-refractivity contribution in [2.75, 3.05) is 7.11 Å². The third-order valence-corrected chi connectivity index (χ3v) is 4.54. The molecule has 0 radical (unpaired) electrons. The van der Waals surface area contributed by atoms with Crippen LogP contribution in [0.1, 0.15) is 27.0 Å². The van der Waals surface area contributed by atoms with E-state index in [1.54, 1.807) is 13.0 Å². The lowest BCUT2D eigenvalue weighted by molar-refractivity contribution is -0.142. The predicted molar refractivity (Wildman–Crippen MR) is 83.9 cm³/mol. The zero-order chi connectivity index (χ0) is 16.2. The van der Waals surface area contributed by atoms with E-state index in [2.05, 4.69) is 5.32 Å². The molecule has 0 fully saturated rings. The van der Waals surface area contributed by atoms with Gasteiger partial charge in [0.1, 0.15) is 4.88 Å². The largest absolute Gasteiger partial charge is 0.477 e. The van der Waals surface area contributed by atoms with E-state index >= 15 is 0 Å². The van der Waals surface area contributed by atoms with Crippen molar-refractivity contribution >= 4 is 23.2 Å². The zero-order valence-corrected chi connectivity index (χ0v) is 13.1. The summed E-state index contributed by atoms with van der Waals surface area (Å²) in [6, 6.07) is 12.4. The van der Waals surface area contributed by atoms with E-state index in [4.69, 9.17) is 9.84 Å². The van der Waals surface area contributed by atoms with Crippen LogP contribution in [0.5, 0.6) is 0 Å². The van der Waals surface area contributed by atoms with Crippen LogP contribution in [0, 0.1) is 0 Å². The van der Waals surface area contributed by atoms with Crippen LogP contribution in [0.4, 0.5) is 0 Å². The molecule has 2 rings (SSSR count). The first-order chi connectivity index (χ1) is 10.5. The fourth-order valence-corrected chi connectivity index (χ4v) is 2.81. The van der Waals surface area contributed by atoms with Gasteiger partial charge in [-0.15, -0.1) is 11.3 Å². The van der Waals surface area contributed by atoms with Crippen LogP contribution in [0.15, 0.2) is 42.5 Å². The summed E-state index contributed by atoms with van der Waals surface area (Å²) < 4.78 is 5.41. The quantitative estimate of drug-likeness (QED) is 0.858. The molecule has 0 aliphatic carbocycles. The first-order valence-corrected chi connectivity index (χ1v) is 7.50. The highest BCUT2D eigenvalue weighted by Gasteiger charge is 2.34. The van der Waals surface area contributed by atoms with Gasteiger partial charge in [0.2, 0.25) is 0 Å². The molecule has 1 aromatic carbocycles. The number of carboxylic acids is 1. The summed E-state index contributed by atoms with van der Waals surface area (Å²) in [5.41, 5.74) is -0.332. The number of hydrogen-bond acceptors (Lipinski definition) is 4. The van der Waals surface area contributed by atoms with Gasteiger partial charge < -0.3 is 15.2 Å². The number of benzene rings is 1. The first kappa shape index (κ1) is 16.2. The van der Waals surface area contributed by atoms with Gasteiger partial charge in [0.25, 0.3) is 5.91 Å². The Morgan fingerprint density at radius 3 is 2.45 bits per heavy atom. The molecular weight excluding hydrogens is 302 g/mol. The predicted octanol–water partition coefficient (Wildman–Crippen LogP) is 2.62. The number of thiophene rings is 1. The van der Waals surface area contributed by atoms with Crippen LogP contribution in [-0.2, 0) is 21.7 Å². The number of carbonyl (C=O) groups excluding carboxylic acids is 1. The van der Waals surface area contributed by atoms with Gasteiger partial charge in [-0.25, -0.2) is 4.79 Å². The maximum absolute atomic E-state index is 12.5. The second-order valence-corrected chi connectivity index (χ2v) is 6.03. The third-order valence-electron chi connectivity index (χ3n) is 3.46. The molecule has 0 aliphatic rings. The van der Waals surface area contributed by atoms with Crippen molar-refractivity contribution < 1.29 is 19.4 Å². The molecule has 0 saturated heterocycles. The maximum Gasteiger partial charge on any atom is 0.345 e. The summed E-state index contributed by atoms with van der Waals surface area (Å²) in [4.78, 5) is 24.3. The molecule has 116 valence electrons. The van der Waals surface area contributed by atoms with Crippen molar-refractivity contribution in [3.05, 3.63) is 57.8 Å². The minimum atomic E-state index is -1.09. The average Bonchev–Trinajstić information content (AvgIpc) is 3.02. The van der Waals surface area contributed by atoms with Crippen molar-refractivity contribution in [2.24, 2.45) is 0 Å². The molecule has 0 aliphatic heterocycles. The molecule has 1 atom stereocenters. The second-order valence-electron chi connectivity index (χ2n) is 4.86. The summed E-state index contributed by atoms with van der Waals surface area (Å²) >= 11 is 1.14. The van der Waals surface area contributed by atoms with Gasteiger partial charge in [0.15, 0.2) is 5.60 Å². The van der Waals surface area contributed by atoms with E-state index < -0.39 is 11.6 Å². The SMILES string of the molecule is COC(C)(C(=O)NCc1ccc(C(=O)O)s1)c1ccccc1. The molecule has 6 heteroatoms. The summed E-state index contributed by atoms with van der Waals surface area (Å²) in [5.74, 6) is -1.24. The molecule has 0 saturated carbocycles. The average molecular weight is 319 g/mol. The second kappa shape index (κ2) is 6.72. The Balaban J connectivity index is 2.08. The number of carbonyl (C=O) groups is 2. The minimum absolute atomic E-state index is 0.252. The number of amides is 1. The van der Waals surface area contributed by atoms with Crippen molar-refractivity contribution in [2.45, 2.75) is 19.1 Å². The Hall–Kier alpha value is -2.18. The van der Waals surface area contributed by atoms with Gasteiger partial charge in [-0.3, -0.25) is 4.79 Å². The minimum Gasteiger partial charge on any atom is -0.477 e. The topological polar surface area (TPSA) is 75.6 Å². The maximum atomic E-state index is 12.5. The molecule has 2 aromatic rings. The number of nitrogens with one attached hydrogen (secondary N) is 1. The van der Waals surface area contributed by atoms with E-state index in [1.165, 1.54) is 13.2 Å². The van der Waals surface area contributed by atoms with Gasteiger partial charge in [-0.2, -0.15) is 0 Å². The van der Waals surface area contributed by atoms with E-state index in [1.807, 2.05) is 30.3 Å². The van der Waals surface area contributed by atoms with Gasteiger partial charge in [-0.1, -0.05) is 30.3 Å². The molecule has 0 bridgehead atoms. The Bertz CT molecular complexity index is 668. The monoisotopic (exact) mass is 319 g/mol. The van der Waals surface area contributed by atoms with Crippen molar-refractivity contribution in [1.29, 1.82) is 0 Å². The van der Waals surface area contributed by atoms with E-state index in [9.17, 15) is 9.59 Å². The lowest BCUT2D eigenvalue weighted by Crippen LogP contribution is -2.43. The van der Waals surface area contributed by atoms with Crippen LogP contribution >= 0.6 is 11.3 Å². The zero-order valence-electron chi connectivity index (χ0n) is 12.3. The molecule has 0 spiro atoms. The molecule has 1 amide bonds. The van der Waals surface area contributed by atoms with Crippen molar-refractivity contribution in [1.82, 2.24) is 5.32 Å². The Kier molecular flexibility index (Phi) is 4.95. The van der Waals surface area contributed by atoms with Gasteiger partial charge in [0, 0.05) is 12.0 Å². The lowest BCUT2D eigenvalue weighted by atomic mass is 9.95. The van der Waals surface area contributed by atoms with Gasteiger partial charge >= 0.3 is 5.97 Å². The van der Waals surface area contributed by atoms with Crippen LogP contribution in [0.3, 0.4) is 0 Å². The fraction of sp³-hybridized carbons (Fsp3) is 0.250. The highest BCUT2D eigenvalue weighted by molar-refractivity contribution is 7.13. The molecule has 1 unspecified atom stereocenters. The Morgan fingerprint density at radius 2 is 1.91 bits per heavy atom. The summed E-state index contributed by atoms with van der Waals surface area (Å²) in [7, 11) is 1.49. The van der Waals surface area contributed by atoms with E-state index in [0.29, 0.717) is 0 Å². The van der Waals surface area contributed by atoms with Crippen LogP contribution in [0.25, 0.3) is 0 Å². The number of hydrogen-bond donors (Lipinski definition) is 2. The standard InChI is InChI=1S/C16H17NO4S/c1-16(21-2,11-6-4-3-5-7-11)15(20)17-10-12-8-9-13(22-12)14(18)19/h3-9H,10H2,1-2H3,(H,17,20)(H,18,19). The lowest BCUT2D eigenvalue weighted by Gasteiger charge is -2.27. The van der Waals surface area contributed by atoms with Crippen molar-refractivity contribution in [3.63, 3.8) is 0 Å². The molecule has 1 aromatic heterocycles. The first-order valence-electron chi connectivity index (χ1n) is 6.68.